The maximum Gasteiger partial charge on any atom is 0.446 e. The monoisotopic (exact) mass is 381 g/mol. The van der Waals surface area contributed by atoms with Crippen LogP contribution in [-0.2, 0) is 13.1 Å². The van der Waals surface area contributed by atoms with Gasteiger partial charge in [-0.05, 0) is 56.8 Å². The van der Waals surface area contributed by atoms with E-state index in [0.717, 1.165) is 16.6 Å². The minimum Gasteiger partial charge on any atom is -0.308 e. The van der Waals surface area contributed by atoms with Gasteiger partial charge in [0, 0.05) is 27.3 Å². The van der Waals surface area contributed by atoms with Crippen LogP contribution in [-0.4, -0.2) is 5.51 Å². The largest absolute Gasteiger partial charge is 0.446 e. The number of nitrogens with one attached hydrogen (secondary N) is 1. The van der Waals surface area contributed by atoms with Gasteiger partial charge >= 0.3 is 5.51 Å². The quantitative estimate of drug-likeness (QED) is 0.694. The Morgan fingerprint density at radius 2 is 1.80 bits per heavy atom. The molecule has 0 atom stereocenters. The maximum atomic E-state index is 12.2. The minimum atomic E-state index is -4.23. The number of hydrogen-bond donors (Lipinski definition) is 1. The molecule has 7 heteroatoms. The van der Waals surface area contributed by atoms with Gasteiger partial charge in [0.15, 0.2) is 0 Å². The van der Waals surface area contributed by atoms with Crippen LogP contribution in [0.2, 0.25) is 0 Å². The number of halogens is 4. The van der Waals surface area contributed by atoms with Crippen LogP contribution in [0.15, 0.2) is 45.1 Å². The molecule has 1 heterocycles. The lowest BCUT2D eigenvalue weighted by molar-refractivity contribution is -0.0328. The molecule has 0 saturated carbocycles. The van der Waals surface area contributed by atoms with Gasteiger partial charge in [0.1, 0.15) is 0 Å². The lowest BCUT2D eigenvalue weighted by atomic mass is 10.2. The van der Waals surface area contributed by atoms with E-state index in [4.69, 9.17) is 0 Å². The molecule has 1 aromatic carbocycles. The highest BCUT2D eigenvalue weighted by Gasteiger charge is 2.28. The second kappa shape index (κ2) is 6.98. The van der Waals surface area contributed by atoms with Gasteiger partial charge in [-0.15, -0.1) is 11.3 Å². The SMILES string of the molecule is FC(F)(F)Sc1ccc(CNCc2sccc2Br)cc1. The van der Waals surface area contributed by atoms with E-state index in [2.05, 4.69) is 21.2 Å². The smallest absolute Gasteiger partial charge is 0.308 e. The molecule has 0 fully saturated rings. The average molecular weight is 382 g/mol. The van der Waals surface area contributed by atoms with Crippen LogP contribution >= 0.6 is 39.0 Å². The molecule has 1 N–H and O–H groups in total. The molecular weight excluding hydrogens is 371 g/mol. The first-order valence-electron chi connectivity index (χ1n) is 5.71. The van der Waals surface area contributed by atoms with Gasteiger partial charge in [0.25, 0.3) is 0 Å². The van der Waals surface area contributed by atoms with Crippen molar-refractivity contribution in [1.29, 1.82) is 0 Å². The summed E-state index contributed by atoms with van der Waals surface area (Å²) < 4.78 is 37.6. The molecule has 0 radical (unpaired) electrons. The van der Waals surface area contributed by atoms with Crippen LogP contribution in [0.4, 0.5) is 13.2 Å². The van der Waals surface area contributed by atoms with Crippen molar-refractivity contribution < 1.29 is 13.2 Å². The Labute approximate surface area is 131 Å². The molecule has 0 bridgehead atoms. The molecule has 20 heavy (non-hydrogen) atoms. The molecule has 1 nitrogen and oxygen atoms in total. The van der Waals surface area contributed by atoms with Gasteiger partial charge in [-0.25, -0.2) is 0 Å². The first-order valence-corrected chi connectivity index (χ1v) is 8.20. The summed E-state index contributed by atoms with van der Waals surface area (Å²) in [6, 6.07) is 8.41. The zero-order chi connectivity index (χ0) is 14.6. The van der Waals surface area contributed by atoms with Crippen molar-refractivity contribution in [3.05, 3.63) is 50.6 Å². The molecule has 0 aliphatic heterocycles. The van der Waals surface area contributed by atoms with Crippen LogP contribution in [0.3, 0.4) is 0 Å². The summed E-state index contributed by atoms with van der Waals surface area (Å²) >= 11 is 5.02. The van der Waals surface area contributed by atoms with Gasteiger partial charge in [0.05, 0.1) is 0 Å². The van der Waals surface area contributed by atoms with E-state index in [-0.39, 0.29) is 16.7 Å². The summed E-state index contributed by atoms with van der Waals surface area (Å²) in [5.74, 6) is 0. The highest BCUT2D eigenvalue weighted by atomic mass is 79.9. The first-order chi connectivity index (χ1) is 9.44. The lowest BCUT2D eigenvalue weighted by Gasteiger charge is -2.07. The van der Waals surface area contributed by atoms with E-state index in [1.165, 1.54) is 17.0 Å². The van der Waals surface area contributed by atoms with Gasteiger partial charge in [-0.3, -0.25) is 0 Å². The summed E-state index contributed by atoms with van der Waals surface area (Å²) in [5.41, 5.74) is -3.27. The predicted molar refractivity (Wildman–Crippen MR) is 80.9 cm³/mol. The number of rotatable bonds is 5. The summed E-state index contributed by atoms with van der Waals surface area (Å²) in [7, 11) is 0. The molecule has 0 aliphatic carbocycles. The lowest BCUT2D eigenvalue weighted by Crippen LogP contribution is -2.11. The zero-order valence-corrected chi connectivity index (χ0v) is 13.4. The van der Waals surface area contributed by atoms with Gasteiger partial charge in [-0.2, -0.15) is 13.2 Å². The molecule has 0 saturated heterocycles. The molecule has 0 spiro atoms. The van der Waals surface area contributed by atoms with Crippen molar-refractivity contribution >= 4 is 39.0 Å². The standard InChI is InChI=1S/C13H11BrF3NS2/c14-11-5-6-19-12(11)8-18-7-9-1-3-10(4-2-9)20-13(15,16)17/h1-6,18H,7-8H2. The zero-order valence-electron chi connectivity index (χ0n) is 10.2. The third kappa shape index (κ3) is 5.12. The number of alkyl halides is 3. The third-order valence-corrected chi connectivity index (χ3v) is 5.13. The molecular formula is C13H11BrF3NS2. The second-order valence-corrected chi connectivity index (χ2v) is 6.98. The fourth-order valence-electron chi connectivity index (χ4n) is 1.58. The molecule has 2 aromatic rings. The second-order valence-electron chi connectivity index (χ2n) is 3.99. The number of benzene rings is 1. The highest BCUT2D eigenvalue weighted by Crippen LogP contribution is 2.36. The van der Waals surface area contributed by atoms with Gasteiger partial charge < -0.3 is 5.32 Å². The molecule has 0 aliphatic rings. The predicted octanol–water partition coefficient (Wildman–Crippen LogP) is 5.41. The summed E-state index contributed by atoms with van der Waals surface area (Å²) in [4.78, 5) is 1.41. The molecule has 1 aromatic heterocycles. The van der Waals surface area contributed by atoms with E-state index < -0.39 is 5.51 Å². The summed E-state index contributed by atoms with van der Waals surface area (Å²) in [6.45, 7) is 1.36. The Balaban J connectivity index is 1.83. The van der Waals surface area contributed by atoms with Crippen molar-refractivity contribution in [2.24, 2.45) is 0 Å². The van der Waals surface area contributed by atoms with E-state index in [0.29, 0.717) is 6.54 Å². The van der Waals surface area contributed by atoms with Gasteiger partial charge in [-0.1, -0.05) is 12.1 Å². The Bertz CT molecular complexity index is 551. The highest BCUT2D eigenvalue weighted by molar-refractivity contribution is 9.10. The van der Waals surface area contributed by atoms with Crippen LogP contribution in [0.25, 0.3) is 0 Å². The minimum absolute atomic E-state index is 0.0917. The topological polar surface area (TPSA) is 12.0 Å². The van der Waals surface area contributed by atoms with Gasteiger partial charge in [0.2, 0.25) is 0 Å². The summed E-state index contributed by atoms with van der Waals surface area (Å²) in [6.07, 6.45) is 0. The van der Waals surface area contributed by atoms with Crippen LogP contribution in [0.1, 0.15) is 10.4 Å². The Morgan fingerprint density at radius 3 is 2.35 bits per heavy atom. The molecule has 2 rings (SSSR count). The van der Waals surface area contributed by atoms with Crippen molar-refractivity contribution in [2.45, 2.75) is 23.5 Å². The van der Waals surface area contributed by atoms with E-state index >= 15 is 0 Å². The fourth-order valence-corrected chi connectivity index (χ4v) is 3.58. The van der Waals surface area contributed by atoms with E-state index in [1.54, 1.807) is 23.5 Å². The average Bonchev–Trinajstić information content (AvgIpc) is 2.76. The Morgan fingerprint density at radius 1 is 1.10 bits per heavy atom. The number of thioether (sulfide) groups is 1. The number of hydrogen-bond acceptors (Lipinski definition) is 3. The maximum absolute atomic E-state index is 12.2. The first kappa shape index (κ1) is 15.9. The van der Waals surface area contributed by atoms with Crippen molar-refractivity contribution in [1.82, 2.24) is 5.32 Å². The molecule has 0 amide bonds. The summed E-state index contributed by atoms with van der Waals surface area (Å²) in [5, 5.41) is 5.27. The Kier molecular flexibility index (Phi) is 5.54. The molecule has 108 valence electrons. The van der Waals surface area contributed by atoms with Crippen LogP contribution in [0.5, 0.6) is 0 Å². The fraction of sp³-hybridized carbons (Fsp3) is 0.231. The van der Waals surface area contributed by atoms with E-state index in [1.807, 2.05) is 11.4 Å². The normalized spacial score (nSPS) is 11.8. The van der Waals surface area contributed by atoms with Crippen molar-refractivity contribution in [3.8, 4) is 0 Å². The van der Waals surface area contributed by atoms with Crippen molar-refractivity contribution in [2.75, 3.05) is 0 Å². The van der Waals surface area contributed by atoms with Crippen molar-refractivity contribution in [3.63, 3.8) is 0 Å². The molecule has 0 unspecified atom stereocenters. The van der Waals surface area contributed by atoms with E-state index in [9.17, 15) is 13.2 Å². The number of thiophene rings is 1. The third-order valence-electron chi connectivity index (χ3n) is 2.46. The van der Waals surface area contributed by atoms with Crippen LogP contribution in [0, 0.1) is 0 Å². The Hall–Kier alpha value is -0.500. The van der Waals surface area contributed by atoms with Crippen LogP contribution < -0.4 is 5.32 Å².